The topological polar surface area (TPSA) is 72.5 Å². The van der Waals surface area contributed by atoms with Gasteiger partial charge in [-0.2, -0.15) is 0 Å². The summed E-state index contributed by atoms with van der Waals surface area (Å²) in [7, 11) is 1.65. The number of hydrogen-bond acceptors (Lipinski definition) is 5. The first kappa shape index (κ1) is 15.8. The van der Waals surface area contributed by atoms with Gasteiger partial charge in [0.2, 0.25) is 0 Å². The van der Waals surface area contributed by atoms with Crippen LogP contribution in [-0.2, 0) is 9.53 Å². The Bertz CT molecular complexity index is 573. The van der Waals surface area contributed by atoms with Crippen molar-refractivity contribution in [3.8, 4) is 5.75 Å². The number of pyridine rings is 1. The quantitative estimate of drug-likeness (QED) is 0.731. The molecule has 1 aromatic heterocycles. The van der Waals surface area contributed by atoms with Gasteiger partial charge in [0.05, 0.1) is 18.5 Å². The average Bonchev–Trinajstić information content (AvgIpc) is 2.56. The Kier molecular flexibility index (Phi) is 6.19. The highest BCUT2D eigenvalue weighted by atomic mass is 16.5. The summed E-state index contributed by atoms with van der Waals surface area (Å²) in [5, 5.41) is 5.83. The molecule has 6 nitrogen and oxygen atoms in total. The molecule has 6 heteroatoms. The number of nitrogens with zero attached hydrogens (tertiary/aromatic N) is 1. The summed E-state index contributed by atoms with van der Waals surface area (Å²) in [6, 6.07) is 12.8. The third-order valence-corrected chi connectivity index (χ3v) is 2.78. The molecular weight excluding hydrogens is 282 g/mol. The van der Waals surface area contributed by atoms with Crippen LogP contribution in [0.1, 0.15) is 0 Å². The lowest BCUT2D eigenvalue weighted by molar-refractivity contribution is -0.118. The van der Waals surface area contributed by atoms with Crippen LogP contribution in [0.5, 0.6) is 5.75 Å². The number of methoxy groups -OCH3 is 1. The van der Waals surface area contributed by atoms with Crippen molar-refractivity contribution >= 4 is 17.4 Å². The van der Waals surface area contributed by atoms with E-state index in [4.69, 9.17) is 9.47 Å². The number of nitrogens with one attached hydrogen (secondary N) is 2. The van der Waals surface area contributed by atoms with Gasteiger partial charge in [0.1, 0.15) is 11.6 Å². The van der Waals surface area contributed by atoms with Crippen molar-refractivity contribution in [1.29, 1.82) is 0 Å². The van der Waals surface area contributed by atoms with E-state index in [1.807, 2.05) is 24.3 Å². The van der Waals surface area contributed by atoms with Gasteiger partial charge in [0.25, 0.3) is 5.91 Å². The standard InChI is InChI=1S/C16H19N3O3/c1-21-10-9-17-13-7-8-15(18-11-13)19-16(20)12-22-14-5-3-2-4-6-14/h2-8,11,17H,9-10,12H2,1H3,(H,18,19,20). The van der Waals surface area contributed by atoms with Crippen LogP contribution >= 0.6 is 0 Å². The summed E-state index contributed by atoms with van der Waals surface area (Å²) >= 11 is 0. The molecule has 0 radical (unpaired) electrons. The van der Waals surface area contributed by atoms with E-state index in [1.54, 1.807) is 31.5 Å². The number of hydrogen-bond donors (Lipinski definition) is 2. The molecular formula is C16H19N3O3. The lowest BCUT2D eigenvalue weighted by Crippen LogP contribution is -2.20. The SMILES string of the molecule is COCCNc1ccc(NC(=O)COc2ccccc2)nc1. The zero-order valence-corrected chi connectivity index (χ0v) is 12.4. The molecule has 0 saturated carbocycles. The Morgan fingerprint density at radius 2 is 2.00 bits per heavy atom. The first-order chi connectivity index (χ1) is 10.8. The van der Waals surface area contributed by atoms with E-state index in [9.17, 15) is 4.79 Å². The number of benzene rings is 1. The van der Waals surface area contributed by atoms with Crippen LogP contribution in [0, 0.1) is 0 Å². The molecule has 2 aromatic rings. The molecule has 0 unspecified atom stereocenters. The van der Waals surface area contributed by atoms with Crippen LogP contribution < -0.4 is 15.4 Å². The smallest absolute Gasteiger partial charge is 0.263 e. The number of ether oxygens (including phenoxy) is 2. The second-order valence-electron chi connectivity index (χ2n) is 4.50. The van der Waals surface area contributed by atoms with E-state index in [0.717, 1.165) is 5.69 Å². The molecule has 2 rings (SSSR count). The predicted molar refractivity (Wildman–Crippen MR) is 85.2 cm³/mol. The highest BCUT2D eigenvalue weighted by molar-refractivity contribution is 5.91. The number of amides is 1. The highest BCUT2D eigenvalue weighted by Gasteiger charge is 2.04. The summed E-state index contributed by atoms with van der Waals surface area (Å²) in [6.07, 6.45) is 1.66. The Labute approximate surface area is 129 Å². The van der Waals surface area contributed by atoms with Gasteiger partial charge in [0.15, 0.2) is 6.61 Å². The maximum Gasteiger partial charge on any atom is 0.263 e. The molecule has 0 aliphatic rings. The van der Waals surface area contributed by atoms with Crippen molar-refractivity contribution < 1.29 is 14.3 Å². The Hall–Kier alpha value is -2.60. The summed E-state index contributed by atoms with van der Waals surface area (Å²) in [4.78, 5) is 15.9. The van der Waals surface area contributed by atoms with Crippen molar-refractivity contribution in [3.05, 3.63) is 48.7 Å². The monoisotopic (exact) mass is 301 g/mol. The fourth-order valence-corrected chi connectivity index (χ4v) is 1.71. The lowest BCUT2D eigenvalue weighted by atomic mass is 10.3. The number of anilines is 2. The van der Waals surface area contributed by atoms with E-state index < -0.39 is 0 Å². The first-order valence-corrected chi connectivity index (χ1v) is 6.94. The molecule has 0 atom stereocenters. The average molecular weight is 301 g/mol. The van der Waals surface area contributed by atoms with Gasteiger partial charge in [-0.1, -0.05) is 18.2 Å². The molecule has 0 bridgehead atoms. The maximum atomic E-state index is 11.8. The van der Waals surface area contributed by atoms with E-state index >= 15 is 0 Å². The van der Waals surface area contributed by atoms with E-state index in [-0.39, 0.29) is 12.5 Å². The maximum absolute atomic E-state index is 11.8. The van der Waals surface area contributed by atoms with Crippen LogP contribution in [-0.4, -0.2) is 37.8 Å². The molecule has 1 amide bonds. The van der Waals surface area contributed by atoms with Gasteiger partial charge < -0.3 is 20.1 Å². The van der Waals surface area contributed by atoms with Crippen LogP contribution in [0.15, 0.2) is 48.7 Å². The van der Waals surface area contributed by atoms with Crippen molar-refractivity contribution in [2.45, 2.75) is 0 Å². The Morgan fingerprint density at radius 3 is 2.68 bits per heavy atom. The van der Waals surface area contributed by atoms with Gasteiger partial charge in [-0.3, -0.25) is 4.79 Å². The highest BCUT2D eigenvalue weighted by Crippen LogP contribution is 2.10. The normalized spacial score (nSPS) is 10.0. The second-order valence-corrected chi connectivity index (χ2v) is 4.50. The van der Waals surface area contributed by atoms with Crippen LogP contribution in [0.25, 0.3) is 0 Å². The third kappa shape index (κ3) is 5.41. The van der Waals surface area contributed by atoms with Gasteiger partial charge >= 0.3 is 0 Å². The number of carbonyl (C=O) groups is 1. The van der Waals surface area contributed by atoms with Gasteiger partial charge in [-0.05, 0) is 24.3 Å². The molecule has 0 aliphatic carbocycles. The Morgan fingerprint density at radius 1 is 1.18 bits per heavy atom. The van der Waals surface area contributed by atoms with Crippen molar-refractivity contribution in [3.63, 3.8) is 0 Å². The molecule has 116 valence electrons. The van der Waals surface area contributed by atoms with Crippen LogP contribution in [0.4, 0.5) is 11.5 Å². The first-order valence-electron chi connectivity index (χ1n) is 6.94. The summed E-state index contributed by atoms with van der Waals surface area (Å²) in [6.45, 7) is 1.27. The molecule has 22 heavy (non-hydrogen) atoms. The predicted octanol–water partition coefficient (Wildman–Crippen LogP) is 2.16. The van der Waals surface area contributed by atoms with Crippen molar-refractivity contribution in [1.82, 2.24) is 4.98 Å². The molecule has 2 N–H and O–H groups in total. The number of aromatic nitrogens is 1. The van der Waals surface area contributed by atoms with Crippen LogP contribution in [0.2, 0.25) is 0 Å². The van der Waals surface area contributed by atoms with Crippen LogP contribution in [0.3, 0.4) is 0 Å². The summed E-state index contributed by atoms with van der Waals surface area (Å²) in [5.74, 6) is 0.888. The molecule has 1 heterocycles. The Balaban J connectivity index is 1.76. The number of carbonyl (C=O) groups excluding carboxylic acids is 1. The van der Waals surface area contributed by atoms with E-state index in [2.05, 4.69) is 15.6 Å². The van der Waals surface area contributed by atoms with Gasteiger partial charge in [0, 0.05) is 13.7 Å². The second kappa shape index (κ2) is 8.63. The van der Waals surface area contributed by atoms with Crippen molar-refractivity contribution in [2.24, 2.45) is 0 Å². The number of rotatable bonds is 8. The zero-order chi connectivity index (χ0) is 15.6. The molecule has 0 saturated heterocycles. The third-order valence-electron chi connectivity index (χ3n) is 2.78. The minimum atomic E-state index is -0.253. The molecule has 0 spiro atoms. The fraction of sp³-hybridized carbons (Fsp3) is 0.250. The summed E-state index contributed by atoms with van der Waals surface area (Å²) < 4.78 is 10.3. The van der Waals surface area contributed by atoms with E-state index in [0.29, 0.717) is 24.7 Å². The number of para-hydroxylation sites is 1. The molecule has 0 aliphatic heterocycles. The van der Waals surface area contributed by atoms with E-state index in [1.165, 1.54) is 0 Å². The van der Waals surface area contributed by atoms with Gasteiger partial charge in [-0.15, -0.1) is 0 Å². The van der Waals surface area contributed by atoms with Gasteiger partial charge in [-0.25, -0.2) is 4.98 Å². The van der Waals surface area contributed by atoms with Crippen molar-refractivity contribution in [2.75, 3.05) is 37.5 Å². The molecule has 0 fully saturated rings. The lowest BCUT2D eigenvalue weighted by Gasteiger charge is -2.08. The minimum Gasteiger partial charge on any atom is -0.484 e. The summed E-state index contributed by atoms with van der Waals surface area (Å²) in [5.41, 5.74) is 0.871. The largest absolute Gasteiger partial charge is 0.484 e. The fourth-order valence-electron chi connectivity index (χ4n) is 1.71. The molecule has 1 aromatic carbocycles. The minimum absolute atomic E-state index is 0.0560. The zero-order valence-electron chi connectivity index (χ0n) is 12.4.